The summed E-state index contributed by atoms with van der Waals surface area (Å²) in [6.45, 7) is 0. The van der Waals surface area contributed by atoms with Crippen LogP contribution < -0.4 is 10.6 Å². The zero-order valence-corrected chi connectivity index (χ0v) is 9.87. The standard InChI is InChI=1S/C12H12NO3P/c14-13(15)17(16,11-7-3-1-4-8-11)12-9-5-2-6-10-12/h1-10,14-15H. The van der Waals surface area contributed by atoms with Crippen LogP contribution in [0.5, 0.6) is 0 Å². The van der Waals surface area contributed by atoms with Gasteiger partial charge < -0.3 is 0 Å². The molecule has 4 nitrogen and oxygen atoms in total. The van der Waals surface area contributed by atoms with Crippen molar-refractivity contribution in [3.05, 3.63) is 60.7 Å². The van der Waals surface area contributed by atoms with Crippen molar-refractivity contribution in [3.63, 3.8) is 0 Å². The van der Waals surface area contributed by atoms with Crippen LogP contribution in [0.4, 0.5) is 0 Å². The van der Waals surface area contributed by atoms with E-state index in [0.717, 1.165) is 0 Å². The summed E-state index contributed by atoms with van der Waals surface area (Å²) in [5.41, 5.74) is 0. The second kappa shape index (κ2) is 4.82. The normalized spacial score (nSPS) is 11.7. The molecule has 0 bridgehead atoms. The Bertz CT molecular complexity index is 484. The minimum atomic E-state index is -3.55. The topological polar surface area (TPSA) is 60.8 Å². The first kappa shape index (κ1) is 12.0. The molecule has 0 saturated heterocycles. The van der Waals surface area contributed by atoms with Gasteiger partial charge in [0.2, 0.25) is 0 Å². The Morgan fingerprint density at radius 1 is 0.765 bits per heavy atom. The van der Waals surface area contributed by atoms with Crippen LogP contribution in [-0.4, -0.2) is 15.4 Å². The van der Waals surface area contributed by atoms with E-state index in [2.05, 4.69) is 0 Å². The molecule has 0 aromatic heterocycles. The van der Waals surface area contributed by atoms with Gasteiger partial charge in [-0.2, -0.15) is 0 Å². The van der Waals surface area contributed by atoms with Crippen molar-refractivity contribution in [1.29, 1.82) is 0 Å². The number of hydrogen-bond donors (Lipinski definition) is 2. The summed E-state index contributed by atoms with van der Waals surface area (Å²) in [4.78, 5) is -0.183. The Kier molecular flexibility index (Phi) is 3.41. The van der Waals surface area contributed by atoms with Gasteiger partial charge in [-0.1, -0.05) is 36.4 Å². The van der Waals surface area contributed by atoms with Gasteiger partial charge in [-0.25, -0.2) is 0 Å². The summed E-state index contributed by atoms with van der Waals surface area (Å²) in [5, 5.41) is 19.4. The molecule has 0 fully saturated rings. The quantitative estimate of drug-likeness (QED) is 0.645. The highest BCUT2D eigenvalue weighted by Crippen LogP contribution is 2.44. The Morgan fingerprint density at radius 2 is 1.12 bits per heavy atom. The fourth-order valence-electron chi connectivity index (χ4n) is 1.62. The third-order valence-electron chi connectivity index (χ3n) is 2.46. The summed E-state index contributed by atoms with van der Waals surface area (Å²) in [6, 6.07) is 16.8. The molecule has 2 aromatic rings. The summed E-state index contributed by atoms with van der Waals surface area (Å²) in [5.74, 6) is 0. The maximum Gasteiger partial charge on any atom is 0.255 e. The molecule has 2 aromatic carbocycles. The Balaban J connectivity index is 2.60. The van der Waals surface area contributed by atoms with Crippen molar-refractivity contribution >= 4 is 17.9 Å². The van der Waals surface area contributed by atoms with Gasteiger partial charge in [-0.3, -0.25) is 15.0 Å². The SMILES string of the molecule is O=P(c1ccccc1)(c1ccccc1)N(O)O. The number of nitrogens with zero attached hydrogens (tertiary/aromatic N) is 1. The molecule has 0 aliphatic heterocycles. The monoisotopic (exact) mass is 249 g/mol. The molecular weight excluding hydrogens is 237 g/mol. The van der Waals surface area contributed by atoms with Gasteiger partial charge >= 0.3 is 0 Å². The maximum atomic E-state index is 12.7. The fraction of sp³-hybridized carbons (Fsp3) is 0. The lowest BCUT2D eigenvalue weighted by atomic mass is 10.4. The van der Waals surface area contributed by atoms with E-state index < -0.39 is 7.29 Å². The average Bonchev–Trinajstić information content (AvgIpc) is 2.39. The highest BCUT2D eigenvalue weighted by Gasteiger charge is 2.33. The summed E-state index contributed by atoms with van der Waals surface area (Å²) in [6.07, 6.45) is 0. The molecule has 0 spiro atoms. The van der Waals surface area contributed by atoms with Crippen LogP contribution in [0.2, 0.25) is 0 Å². The first-order valence-corrected chi connectivity index (χ1v) is 6.71. The van der Waals surface area contributed by atoms with E-state index in [9.17, 15) is 15.0 Å². The van der Waals surface area contributed by atoms with Crippen LogP contribution in [-0.2, 0) is 4.57 Å². The lowest BCUT2D eigenvalue weighted by molar-refractivity contribution is -0.227. The van der Waals surface area contributed by atoms with Gasteiger partial charge in [0.25, 0.3) is 7.29 Å². The minimum Gasteiger partial charge on any atom is -0.292 e. The van der Waals surface area contributed by atoms with Crippen molar-refractivity contribution in [2.45, 2.75) is 0 Å². The number of rotatable bonds is 3. The molecule has 0 heterocycles. The van der Waals surface area contributed by atoms with Crippen molar-refractivity contribution in [2.24, 2.45) is 0 Å². The summed E-state index contributed by atoms with van der Waals surface area (Å²) >= 11 is 0. The zero-order valence-electron chi connectivity index (χ0n) is 8.97. The molecule has 88 valence electrons. The maximum absolute atomic E-state index is 12.7. The van der Waals surface area contributed by atoms with E-state index in [1.54, 1.807) is 60.7 Å². The van der Waals surface area contributed by atoms with Gasteiger partial charge in [0.1, 0.15) is 0 Å². The van der Waals surface area contributed by atoms with Crippen molar-refractivity contribution in [1.82, 2.24) is 5.00 Å². The average molecular weight is 249 g/mol. The third kappa shape index (κ3) is 2.16. The first-order valence-electron chi connectivity index (χ1n) is 5.05. The summed E-state index contributed by atoms with van der Waals surface area (Å²) < 4.78 is 12.7. The van der Waals surface area contributed by atoms with Crippen molar-refractivity contribution in [3.8, 4) is 0 Å². The Hall–Kier alpha value is -1.45. The van der Waals surface area contributed by atoms with Crippen LogP contribution in [0.1, 0.15) is 0 Å². The number of benzene rings is 2. The van der Waals surface area contributed by atoms with E-state index in [4.69, 9.17) is 0 Å². The molecule has 2 rings (SSSR count). The molecule has 0 aliphatic rings. The lowest BCUT2D eigenvalue weighted by Gasteiger charge is -2.21. The molecule has 0 amide bonds. The molecule has 0 unspecified atom stereocenters. The van der Waals surface area contributed by atoms with Gasteiger partial charge in [-0.05, 0) is 29.3 Å². The van der Waals surface area contributed by atoms with Gasteiger partial charge in [0.15, 0.2) is 0 Å². The van der Waals surface area contributed by atoms with Gasteiger partial charge in [0, 0.05) is 10.6 Å². The molecule has 0 saturated carbocycles. The minimum absolute atomic E-state index is 0.183. The van der Waals surface area contributed by atoms with Crippen LogP contribution in [0.25, 0.3) is 0 Å². The van der Waals surface area contributed by atoms with Gasteiger partial charge in [-0.15, -0.1) is 0 Å². The van der Waals surface area contributed by atoms with E-state index in [1.807, 2.05) is 0 Å². The predicted octanol–water partition coefficient (Wildman–Crippen LogP) is 2.00. The molecule has 2 N–H and O–H groups in total. The third-order valence-corrected chi connectivity index (χ3v) is 4.96. The zero-order chi connectivity index (χ0) is 12.3. The lowest BCUT2D eigenvalue weighted by Crippen LogP contribution is -2.27. The van der Waals surface area contributed by atoms with Crippen molar-refractivity contribution in [2.75, 3.05) is 0 Å². The first-order chi connectivity index (χ1) is 8.15. The Labute approximate surface area is 99.1 Å². The smallest absolute Gasteiger partial charge is 0.255 e. The molecular formula is C12H12NO3P. The second-order valence-electron chi connectivity index (χ2n) is 3.52. The van der Waals surface area contributed by atoms with Crippen LogP contribution in [0.15, 0.2) is 60.7 Å². The highest BCUT2D eigenvalue weighted by molar-refractivity contribution is 7.76. The van der Waals surface area contributed by atoms with Crippen LogP contribution in [0, 0.1) is 0 Å². The highest BCUT2D eigenvalue weighted by atomic mass is 31.2. The van der Waals surface area contributed by atoms with Crippen LogP contribution in [0.3, 0.4) is 0 Å². The Morgan fingerprint density at radius 3 is 1.41 bits per heavy atom. The van der Waals surface area contributed by atoms with Crippen molar-refractivity contribution < 1.29 is 15.0 Å². The molecule has 0 atom stereocenters. The van der Waals surface area contributed by atoms with E-state index in [-0.39, 0.29) is 5.00 Å². The van der Waals surface area contributed by atoms with E-state index >= 15 is 0 Å². The van der Waals surface area contributed by atoms with E-state index in [1.165, 1.54) is 0 Å². The van der Waals surface area contributed by atoms with Gasteiger partial charge in [0.05, 0.1) is 0 Å². The largest absolute Gasteiger partial charge is 0.292 e. The molecule has 0 radical (unpaired) electrons. The fourth-order valence-corrected chi connectivity index (χ4v) is 3.48. The molecule has 17 heavy (non-hydrogen) atoms. The molecule has 5 heteroatoms. The van der Waals surface area contributed by atoms with E-state index in [0.29, 0.717) is 10.6 Å². The van der Waals surface area contributed by atoms with Crippen LogP contribution >= 0.6 is 7.29 Å². The summed E-state index contributed by atoms with van der Waals surface area (Å²) in [7, 11) is -3.55. The number of hydrogen-bond acceptors (Lipinski definition) is 3. The molecule has 0 aliphatic carbocycles. The second-order valence-corrected chi connectivity index (χ2v) is 6.06. The predicted molar refractivity (Wildman–Crippen MR) is 65.2 cm³/mol.